The topological polar surface area (TPSA) is 38.7 Å². The number of ether oxygens (including phenoxy) is 2. The molecule has 0 aliphatic heterocycles. The lowest BCUT2D eigenvalue weighted by atomic mass is 9.65. The Morgan fingerprint density at radius 1 is 1.14 bits per heavy atom. The Morgan fingerprint density at radius 2 is 1.76 bits per heavy atom. The van der Waals surface area contributed by atoms with Crippen LogP contribution >= 0.6 is 15.9 Å². The van der Waals surface area contributed by atoms with Crippen LogP contribution in [0.15, 0.2) is 10.5 Å². The first kappa shape index (κ1) is 16.6. The van der Waals surface area contributed by atoms with Crippen molar-refractivity contribution in [3.8, 4) is 11.5 Å². The zero-order valence-electron chi connectivity index (χ0n) is 13.5. The van der Waals surface area contributed by atoms with Gasteiger partial charge < -0.3 is 14.6 Å². The van der Waals surface area contributed by atoms with Crippen molar-refractivity contribution in [1.82, 2.24) is 0 Å². The Bertz CT molecular complexity index is 539. The summed E-state index contributed by atoms with van der Waals surface area (Å²) in [6, 6.07) is 2.07. The molecular weight excluding hydrogens is 332 g/mol. The molecule has 3 nitrogen and oxygen atoms in total. The Morgan fingerprint density at radius 3 is 2.19 bits per heavy atom. The molecule has 1 atom stereocenters. The van der Waals surface area contributed by atoms with E-state index in [0.29, 0.717) is 5.75 Å². The summed E-state index contributed by atoms with van der Waals surface area (Å²) in [4.78, 5) is 0. The fourth-order valence-electron chi connectivity index (χ4n) is 3.58. The highest BCUT2D eigenvalue weighted by molar-refractivity contribution is 9.10. The summed E-state index contributed by atoms with van der Waals surface area (Å²) >= 11 is 3.52. The molecule has 1 N–H and O–H groups in total. The van der Waals surface area contributed by atoms with Gasteiger partial charge in [0.1, 0.15) is 0 Å². The van der Waals surface area contributed by atoms with Gasteiger partial charge in [-0.25, -0.2) is 0 Å². The molecule has 2 rings (SSSR count). The van der Waals surface area contributed by atoms with E-state index in [9.17, 15) is 5.11 Å². The predicted molar refractivity (Wildman–Crippen MR) is 88.2 cm³/mol. The third-order valence-corrected chi connectivity index (χ3v) is 6.27. The molecule has 1 aromatic carbocycles. The van der Waals surface area contributed by atoms with Gasteiger partial charge in [0.2, 0.25) is 0 Å². The summed E-state index contributed by atoms with van der Waals surface area (Å²) < 4.78 is 12.0. The molecule has 118 valence electrons. The van der Waals surface area contributed by atoms with Crippen LogP contribution in [-0.2, 0) is 12.0 Å². The van der Waals surface area contributed by atoms with Crippen LogP contribution in [0.4, 0.5) is 0 Å². The molecule has 0 heterocycles. The molecule has 0 amide bonds. The standard InChI is InChI=1S/C17H25BrO3/c1-16(2)7-6-8-17(16,3)12-9-11(10-19)13(18)15(21-5)14(12)20-4/h9,19H,6-8,10H2,1-5H3. The first-order chi connectivity index (χ1) is 9.82. The second kappa shape index (κ2) is 5.81. The fourth-order valence-corrected chi connectivity index (χ4v) is 4.16. The van der Waals surface area contributed by atoms with Gasteiger partial charge in [0.25, 0.3) is 0 Å². The zero-order chi connectivity index (χ0) is 15.8. The maximum Gasteiger partial charge on any atom is 0.175 e. The van der Waals surface area contributed by atoms with Gasteiger partial charge in [0.15, 0.2) is 11.5 Å². The Kier molecular flexibility index (Phi) is 4.60. The highest BCUT2D eigenvalue weighted by atomic mass is 79.9. The average Bonchev–Trinajstić information content (AvgIpc) is 2.72. The van der Waals surface area contributed by atoms with Gasteiger partial charge in [-0.2, -0.15) is 0 Å². The van der Waals surface area contributed by atoms with Crippen molar-refractivity contribution in [3.63, 3.8) is 0 Å². The molecule has 0 spiro atoms. The minimum Gasteiger partial charge on any atom is -0.493 e. The van der Waals surface area contributed by atoms with Crippen molar-refractivity contribution in [2.75, 3.05) is 14.2 Å². The summed E-state index contributed by atoms with van der Waals surface area (Å²) in [6.07, 6.45) is 3.52. The van der Waals surface area contributed by atoms with Gasteiger partial charge in [-0.05, 0) is 45.8 Å². The maximum absolute atomic E-state index is 9.66. The van der Waals surface area contributed by atoms with E-state index in [1.165, 1.54) is 12.8 Å². The van der Waals surface area contributed by atoms with E-state index in [1.54, 1.807) is 14.2 Å². The van der Waals surface area contributed by atoms with Gasteiger partial charge in [-0.1, -0.05) is 27.2 Å². The lowest BCUT2D eigenvalue weighted by Gasteiger charge is -2.40. The molecule has 1 saturated carbocycles. The summed E-state index contributed by atoms with van der Waals surface area (Å²) in [5, 5.41) is 9.66. The fraction of sp³-hybridized carbons (Fsp3) is 0.647. The quantitative estimate of drug-likeness (QED) is 0.867. The number of aliphatic hydroxyl groups excluding tert-OH is 1. The monoisotopic (exact) mass is 356 g/mol. The molecule has 1 unspecified atom stereocenters. The molecule has 21 heavy (non-hydrogen) atoms. The predicted octanol–water partition coefficient (Wildman–Crippen LogP) is 4.43. The van der Waals surface area contributed by atoms with Crippen molar-refractivity contribution in [1.29, 1.82) is 0 Å². The third-order valence-electron chi connectivity index (χ3n) is 5.40. The number of rotatable bonds is 4. The van der Waals surface area contributed by atoms with E-state index in [4.69, 9.17) is 9.47 Å². The highest BCUT2D eigenvalue weighted by Gasteiger charge is 2.48. The molecule has 0 saturated heterocycles. The van der Waals surface area contributed by atoms with Crippen LogP contribution < -0.4 is 9.47 Å². The molecule has 1 aliphatic carbocycles. The van der Waals surface area contributed by atoms with Crippen LogP contribution in [0.25, 0.3) is 0 Å². The third kappa shape index (κ3) is 2.46. The summed E-state index contributed by atoms with van der Waals surface area (Å²) in [7, 11) is 3.31. The second-order valence-electron chi connectivity index (χ2n) is 6.69. The number of benzene rings is 1. The number of hydrogen-bond donors (Lipinski definition) is 1. The van der Waals surface area contributed by atoms with Crippen LogP contribution in [0.2, 0.25) is 0 Å². The Hall–Kier alpha value is -0.740. The lowest BCUT2D eigenvalue weighted by molar-refractivity contribution is 0.215. The van der Waals surface area contributed by atoms with Crippen LogP contribution in [0, 0.1) is 5.41 Å². The van der Waals surface area contributed by atoms with Crippen molar-refractivity contribution in [2.45, 2.75) is 52.1 Å². The van der Waals surface area contributed by atoms with E-state index >= 15 is 0 Å². The minimum absolute atomic E-state index is 0.0102. The first-order valence-electron chi connectivity index (χ1n) is 7.37. The Labute approximate surface area is 135 Å². The average molecular weight is 357 g/mol. The molecule has 4 heteroatoms. The molecule has 0 radical (unpaired) electrons. The second-order valence-corrected chi connectivity index (χ2v) is 7.48. The molecule has 1 fully saturated rings. The molecule has 1 aromatic rings. The van der Waals surface area contributed by atoms with Crippen LogP contribution in [0.5, 0.6) is 11.5 Å². The summed E-state index contributed by atoms with van der Waals surface area (Å²) in [5.74, 6) is 1.45. The normalized spacial score (nSPS) is 24.1. The van der Waals surface area contributed by atoms with Crippen LogP contribution in [0.3, 0.4) is 0 Å². The van der Waals surface area contributed by atoms with Gasteiger partial charge in [-0.15, -0.1) is 0 Å². The van der Waals surface area contributed by atoms with Crippen LogP contribution in [0.1, 0.15) is 51.2 Å². The smallest absolute Gasteiger partial charge is 0.175 e. The van der Waals surface area contributed by atoms with E-state index < -0.39 is 0 Å². The van der Waals surface area contributed by atoms with Crippen molar-refractivity contribution in [2.24, 2.45) is 5.41 Å². The molecule has 0 aromatic heterocycles. The maximum atomic E-state index is 9.66. The van der Waals surface area contributed by atoms with E-state index in [1.807, 2.05) is 0 Å². The van der Waals surface area contributed by atoms with E-state index in [2.05, 4.69) is 42.8 Å². The number of halogens is 1. The van der Waals surface area contributed by atoms with Gasteiger partial charge >= 0.3 is 0 Å². The molecule has 1 aliphatic rings. The number of aliphatic hydroxyl groups is 1. The van der Waals surface area contributed by atoms with Gasteiger partial charge in [-0.3, -0.25) is 0 Å². The minimum atomic E-state index is -0.0234. The highest BCUT2D eigenvalue weighted by Crippen LogP contribution is 2.58. The summed E-state index contributed by atoms with van der Waals surface area (Å²) in [6.45, 7) is 6.90. The van der Waals surface area contributed by atoms with Gasteiger partial charge in [0.05, 0.1) is 25.3 Å². The number of hydrogen-bond acceptors (Lipinski definition) is 3. The number of methoxy groups -OCH3 is 2. The largest absolute Gasteiger partial charge is 0.493 e. The van der Waals surface area contributed by atoms with Crippen molar-refractivity contribution in [3.05, 3.63) is 21.7 Å². The van der Waals surface area contributed by atoms with E-state index in [0.717, 1.165) is 27.8 Å². The lowest BCUT2D eigenvalue weighted by Crippen LogP contribution is -2.34. The summed E-state index contributed by atoms with van der Waals surface area (Å²) in [5.41, 5.74) is 2.17. The molecular formula is C17H25BrO3. The first-order valence-corrected chi connectivity index (χ1v) is 8.16. The van der Waals surface area contributed by atoms with Crippen LogP contribution in [-0.4, -0.2) is 19.3 Å². The van der Waals surface area contributed by atoms with Gasteiger partial charge in [0, 0.05) is 11.0 Å². The molecule has 0 bridgehead atoms. The zero-order valence-corrected chi connectivity index (χ0v) is 15.1. The SMILES string of the molecule is COc1c(C2(C)CCCC2(C)C)cc(CO)c(Br)c1OC. The van der Waals surface area contributed by atoms with Crippen molar-refractivity contribution < 1.29 is 14.6 Å². The Balaban J connectivity index is 2.74. The van der Waals surface area contributed by atoms with E-state index in [-0.39, 0.29) is 17.4 Å². The van der Waals surface area contributed by atoms with Crippen molar-refractivity contribution >= 4 is 15.9 Å².